The summed E-state index contributed by atoms with van der Waals surface area (Å²) < 4.78 is 0. The maximum atomic E-state index is 11.1. The molecule has 1 aromatic rings. The molecule has 1 aromatic carbocycles. The Kier molecular flexibility index (Phi) is 3.06. The highest BCUT2D eigenvalue weighted by molar-refractivity contribution is 6.33. The maximum absolute atomic E-state index is 11.1. The van der Waals surface area contributed by atoms with E-state index in [1.807, 2.05) is 19.1 Å². The van der Waals surface area contributed by atoms with Gasteiger partial charge in [-0.3, -0.25) is 0 Å². The van der Waals surface area contributed by atoms with Crippen molar-refractivity contribution in [2.24, 2.45) is 5.92 Å². The first-order valence-electron chi connectivity index (χ1n) is 5.34. The Labute approximate surface area is 99.4 Å². The van der Waals surface area contributed by atoms with Crippen molar-refractivity contribution in [2.45, 2.75) is 25.8 Å². The molecule has 86 valence electrons. The molecule has 1 unspecified atom stereocenters. The van der Waals surface area contributed by atoms with Crippen molar-refractivity contribution >= 4 is 23.3 Å². The quantitative estimate of drug-likeness (QED) is 0.850. The molecule has 1 aliphatic carbocycles. The second-order valence-electron chi connectivity index (χ2n) is 4.23. The lowest BCUT2D eigenvalue weighted by molar-refractivity contribution is -0.138. The summed E-state index contributed by atoms with van der Waals surface area (Å²) in [6.07, 6.45) is 1.96. The van der Waals surface area contributed by atoms with Crippen LogP contribution in [0.5, 0.6) is 0 Å². The van der Waals surface area contributed by atoms with Gasteiger partial charge in [-0.15, -0.1) is 0 Å². The van der Waals surface area contributed by atoms with Gasteiger partial charge in [-0.2, -0.15) is 0 Å². The molecule has 0 spiro atoms. The number of carboxylic acid groups (broad SMARTS) is 1. The maximum Gasteiger partial charge on any atom is 0.326 e. The summed E-state index contributed by atoms with van der Waals surface area (Å²) in [7, 11) is 0. The number of hydrogen-bond donors (Lipinski definition) is 2. The van der Waals surface area contributed by atoms with Crippen LogP contribution in [0, 0.1) is 12.8 Å². The molecular weight excluding hydrogens is 226 g/mol. The monoisotopic (exact) mass is 239 g/mol. The third kappa shape index (κ3) is 2.30. The second kappa shape index (κ2) is 4.34. The predicted octanol–water partition coefficient (Wildman–Crippen LogP) is 2.92. The Morgan fingerprint density at radius 1 is 1.56 bits per heavy atom. The molecule has 16 heavy (non-hydrogen) atoms. The minimum atomic E-state index is -0.804. The average Bonchev–Trinajstić information content (AvgIpc) is 3.00. The van der Waals surface area contributed by atoms with E-state index in [0.717, 1.165) is 24.1 Å². The molecular formula is C12H14ClNO2. The van der Waals surface area contributed by atoms with Crippen LogP contribution in [-0.4, -0.2) is 17.1 Å². The Hall–Kier alpha value is -1.22. The number of para-hydroxylation sites is 1. The molecule has 0 radical (unpaired) electrons. The van der Waals surface area contributed by atoms with Crippen molar-refractivity contribution in [3.8, 4) is 0 Å². The van der Waals surface area contributed by atoms with Crippen LogP contribution in [0.4, 0.5) is 5.69 Å². The zero-order valence-corrected chi connectivity index (χ0v) is 9.79. The fourth-order valence-electron chi connectivity index (χ4n) is 1.78. The standard InChI is InChI=1S/C12H14ClNO2/c1-7-3-2-4-9(13)10(7)14-11(12(15)16)8-5-6-8/h2-4,8,11,14H,5-6H2,1H3,(H,15,16). The van der Waals surface area contributed by atoms with Crippen molar-refractivity contribution in [1.82, 2.24) is 0 Å². The van der Waals surface area contributed by atoms with E-state index >= 15 is 0 Å². The van der Waals surface area contributed by atoms with E-state index in [1.54, 1.807) is 6.07 Å². The molecule has 3 nitrogen and oxygen atoms in total. The summed E-state index contributed by atoms with van der Waals surface area (Å²) in [6, 6.07) is 5.02. The van der Waals surface area contributed by atoms with Crippen molar-refractivity contribution < 1.29 is 9.90 Å². The number of halogens is 1. The average molecular weight is 240 g/mol. The highest BCUT2D eigenvalue weighted by Crippen LogP contribution is 2.36. The Morgan fingerprint density at radius 3 is 2.75 bits per heavy atom. The van der Waals surface area contributed by atoms with E-state index in [1.165, 1.54) is 0 Å². The van der Waals surface area contributed by atoms with E-state index in [0.29, 0.717) is 5.02 Å². The van der Waals surface area contributed by atoms with Crippen LogP contribution in [0.1, 0.15) is 18.4 Å². The normalized spacial score (nSPS) is 16.9. The Bertz CT molecular complexity index is 395. The van der Waals surface area contributed by atoms with Crippen molar-refractivity contribution in [2.75, 3.05) is 5.32 Å². The van der Waals surface area contributed by atoms with Crippen LogP contribution in [0.2, 0.25) is 5.02 Å². The molecule has 0 aromatic heterocycles. The molecule has 0 bridgehead atoms. The lowest BCUT2D eigenvalue weighted by Crippen LogP contribution is -2.31. The first-order chi connectivity index (χ1) is 7.59. The van der Waals surface area contributed by atoms with Gasteiger partial charge in [0.25, 0.3) is 0 Å². The molecule has 0 heterocycles. The Balaban J connectivity index is 2.21. The number of anilines is 1. The van der Waals surface area contributed by atoms with Gasteiger partial charge < -0.3 is 10.4 Å². The smallest absolute Gasteiger partial charge is 0.326 e. The van der Waals surface area contributed by atoms with Gasteiger partial charge in [-0.25, -0.2) is 4.79 Å². The molecule has 4 heteroatoms. The number of benzene rings is 1. The van der Waals surface area contributed by atoms with Crippen molar-refractivity contribution in [3.63, 3.8) is 0 Å². The van der Waals surface area contributed by atoms with Gasteiger partial charge >= 0.3 is 5.97 Å². The molecule has 2 rings (SSSR count). The number of hydrogen-bond acceptors (Lipinski definition) is 2. The lowest BCUT2D eigenvalue weighted by Gasteiger charge is -2.17. The summed E-state index contributed by atoms with van der Waals surface area (Å²) >= 11 is 6.05. The molecule has 0 saturated heterocycles. The van der Waals surface area contributed by atoms with Gasteiger partial charge in [0.1, 0.15) is 6.04 Å². The number of rotatable bonds is 4. The summed E-state index contributed by atoms with van der Waals surface area (Å²) in [5.74, 6) is -0.560. The lowest BCUT2D eigenvalue weighted by atomic mass is 10.1. The minimum absolute atomic E-state index is 0.244. The fourth-order valence-corrected chi connectivity index (χ4v) is 2.06. The van der Waals surface area contributed by atoms with Gasteiger partial charge in [0.2, 0.25) is 0 Å². The predicted molar refractivity (Wildman–Crippen MR) is 64.0 cm³/mol. The van der Waals surface area contributed by atoms with Crippen LogP contribution in [-0.2, 0) is 4.79 Å². The molecule has 2 N–H and O–H groups in total. The fraction of sp³-hybridized carbons (Fsp3) is 0.417. The Morgan fingerprint density at radius 2 is 2.25 bits per heavy atom. The van der Waals surface area contributed by atoms with Gasteiger partial charge in [-0.1, -0.05) is 23.7 Å². The zero-order valence-electron chi connectivity index (χ0n) is 9.03. The number of nitrogens with one attached hydrogen (secondary N) is 1. The topological polar surface area (TPSA) is 49.3 Å². The first kappa shape index (κ1) is 11.3. The van der Waals surface area contributed by atoms with Gasteiger partial charge in [0.15, 0.2) is 0 Å². The van der Waals surface area contributed by atoms with Crippen molar-refractivity contribution in [3.05, 3.63) is 28.8 Å². The van der Waals surface area contributed by atoms with Gasteiger partial charge in [0, 0.05) is 0 Å². The molecule has 1 fully saturated rings. The SMILES string of the molecule is Cc1cccc(Cl)c1NC(C(=O)O)C1CC1. The molecule has 0 amide bonds. The number of carbonyl (C=O) groups is 1. The summed E-state index contributed by atoms with van der Waals surface area (Å²) in [5.41, 5.74) is 1.71. The highest BCUT2D eigenvalue weighted by atomic mass is 35.5. The third-order valence-corrected chi connectivity index (χ3v) is 3.20. The van der Waals surface area contributed by atoms with Crippen LogP contribution < -0.4 is 5.32 Å². The number of aryl methyl sites for hydroxylation is 1. The molecule has 0 aliphatic heterocycles. The third-order valence-electron chi connectivity index (χ3n) is 2.88. The number of carboxylic acids is 1. The molecule has 1 atom stereocenters. The summed E-state index contributed by atoms with van der Waals surface area (Å²) in [6.45, 7) is 1.92. The van der Waals surface area contributed by atoms with Crippen LogP contribution >= 0.6 is 11.6 Å². The van der Waals surface area contributed by atoms with E-state index in [2.05, 4.69) is 5.32 Å². The van der Waals surface area contributed by atoms with Gasteiger partial charge in [0.05, 0.1) is 10.7 Å². The minimum Gasteiger partial charge on any atom is -0.480 e. The summed E-state index contributed by atoms with van der Waals surface area (Å²) in [5, 5.41) is 12.7. The second-order valence-corrected chi connectivity index (χ2v) is 4.64. The van der Waals surface area contributed by atoms with Crippen LogP contribution in [0.25, 0.3) is 0 Å². The van der Waals surface area contributed by atoms with Crippen molar-refractivity contribution in [1.29, 1.82) is 0 Å². The van der Waals surface area contributed by atoms with E-state index in [9.17, 15) is 4.79 Å². The first-order valence-corrected chi connectivity index (χ1v) is 5.72. The molecule has 1 saturated carbocycles. The van der Waals surface area contributed by atoms with E-state index in [4.69, 9.17) is 16.7 Å². The molecule has 1 aliphatic rings. The zero-order chi connectivity index (χ0) is 11.7. The van der Waals surface area contributed by atoms with Crippen LogP contribution in [0.3, 0.4) is 0 Å². The number of aliphatic carboxylic acids is 1. The largest absolute Gasteiger partial charge is 0.480 e. The van der Waals surface area contributed by atoms with E-state index in [-0.39, 0.29) is 5.92 Å². The highest BCUT2D eigenvalue weighted by Gasteiger charge is 2.36. The van der Waals surface area contributed by atoms with Gasteiger partial charge in [-0.05, 0) is 37.3 Å². The summed E-state index contributed by atoms with van der Waals surface area (Å²) in [4.78, 5) is 11.1. The van der Waals surface area contributed by atoms with E-state index < -0.39 is 12.0 Å². The van der Waals surface area contributed by atoms with Crippen LogP contribution in [0.15, 0.2) is 18.2 Å².